The van der Waals surface area contributed by atoms with Crippen molar-refractivity contribution >= 4 is 35.1 Å². The fraction of sp³-hybridized carbons (Fsp3) is 0.529. The van der Waals surface area contributed by atoms with E-state index >= 15 is 0 Å². The molecule has 2 rings (SSSR count). The van der Waals surface area contributed by atoms with Gasteiger partial charge in [-0.25, -0.2) is 4.79 Å². The summed E-state index contributed by atoms with van der Waals surface area (Å²) in [5.41, 5.74) is 0.112. The molecule has 23 heavy (non-hydrogen) atoms. The number of carbonyl (C=O) groups is 2. The molecule has 1 saturated heterocycles. The van der Waals surface area contributed by atoms with Gasteiger partial charge in [0.1, 0.15) is 11.4 Å². The molecule has 0 saturated carbocycles. The summed E-state index contributed by atoms with van der Waals surface area (Å²) < 4.78 is 5.34. The zero-order valence-corrected chi connectivity index (χ0v) is 15.1. The zero-order chi connectivity index (χ0) is 17.2. The highest BCUT2D eigenvalue weighted by Gasteiger charge is 2.33. The summed E-state index contributed by atoms with van der Waals surface area (Å²) in [6.07, 6.45) is 0.453. The van der Waals surface area contributed by atoms with Crippen LogP contribution in [0.2, 0.25) is 10.0 Å². The fourth-order valence-corrected chi connectivity index (χ4v) is 3.07. The van der Waals surface area contributed by atoms with E-state index in [1.54, 1.807) is 23.1 Å². The average Bonchev–Trinajstić information content (AvgIpc) is 2.91. The Morgan fingerprint density at radius 1 is 1.26 bits per heavy atom. The lowest BCUT2D eigenvalue weighted by Gasteiger charge is -2.24. The van der Waals surface area contributed by atoms with Gasteiger partial charge in [0.25, 0.3) is 0 Å². The van der Waals surface area contributed by atoms with Crippen molar-refractivity contribution in [3.05, 3.63) is 33.8 Å². The number of benzene rings is 1. The number of halogens is 2. The van der Waals surface area contributed by atoms with Gasteiger partial charge in [0.05, 0.1) is 0 Å². The quantitative estimate of drug-likeness (QED) is 0.807. The lowest BCUT2D eigenvalue weighted by molar-refractivity contribution is -0.121. The third-order valence-electron chi connectivity index (χ3n) is 3.71. The molecule has 1 aromatic rings. The summed E-state index contributed by atoms with van der Waals surface area (Å²) in [5, 5.41) is 0.987. The molecule has 0 radical (unpaired) electrons. The van der Waals surface area contributed by atoms with Crippen LogP contribution in [0.15, 0.2) is 18.2 Å². The van der Waals surface area contributed by atoms with Crippen molar-refractivity contribution in [1.82, 2.24) is 4.90 Å². The Balaban J connectivity index is 1.96. The number of ketones is 1. The largest absolute Gasteiger partial charge is 0.444 e. The first kappa shape index (κ1) is 18.1. The first-order chi connectivity index (χ1) is 10.7. The maximum absolute atomic E-state index is 12.5. The van der Waals surface area contributed by atoms with E-state index in [1.165, 1.54) is 0 Å². The van der Waals surface area contributed by atoms with Crippen molar-refractivity contribution in [2.24, 2.45) is 5.92 Å². The molecular weight excluding hydrogens is 337 g/mol. The van der Waals surface area contributed by atoms with Crippen LogP contribution in [0, 0.1) is 5.92 Å². The molecule has 1 atom stereocenters. The summed E-state index contributed by atoms with van der Waals surface area (Å²) in [5.74, 6) is -0.152. The first-order valence-corrected chi connectivity index (χ1v) is 8.36. The van der Waals surface area contributed by atoms with Gasteiger partial charge in [0.2, 0.25) is 0 Å². The van der Waals surface area contributed by atoms with Crippen molar-refractivity contribution < 1.29 is 14.3 Å². The zero-order valence-electron chi connectivity index (χ0n) is 13.6. The van der Waals surface area contributed by atoms with Crippen LogP contribution in [0.3, 0.4) is 0 Å². The van der Waals surface area contributed by atoms with E-state index < -0.39 is 5.60 Å². The van der Waals surface area contributed by atoms with Crippen LogP contribution in [0.25, 0.3) is 0 Å². The van der Waals surface area contributed by atoms with E-state index in [-0.39, 0.29) is 24.2 Å². The SMILES string of the molecule is CC(C)(C)OC(=O)N1CCC(C(=O)Cc2c(Cl)cccc2Cl)C1. The molecule has 0 N–H and O–H groups in total. The van der Waals surface area contributed by atoms with Crippen LogP contribution >= 0.6 is 23.2 Å². The van der Waals surface area contributed by atoms with Crippen molar-refractivity contribution in [3.63, 3.8) is 0 Å². The summed E-state index contributed by atoms with van der Waals surface area (Å²) >= 11 is 12.2. The molecule has 1 aromatic carbocycles. The molecule has 1 heterocycles. The molecule has 1 amide bonds. The number of Topliss-reactive ketones (excluding diaryl/α,β-unsaturated/α-hetero) is 1. The molecule has 1 aliphatic heterocycles. The Morgan fingerprint density at radius 3 is 2.43 bits per heavy atom. The van der Waals surface area contributed by atoms with Crippen molar-refractivity contribution in [2.75, 3.05) is 13.1 Å². The van der Waals surface area contributed by atoms with Gasteiger partial charge in [-0.3, -0.25) is 4.79 Å². The highest BCUT2D eigenvalue weighted by Crippen LogP contribution is 2.27. The average molecular weight is 358 g/mol. The van der Waals surface area contributed by atoms with Gasteiger partial charge in [-0.1, -0.05) is 29.3 Å². The fourth-order valence-electron chi connectivity index (χ4n) is 2.54. The summed E-state index contributed by atoms with van der Waals surface area (Å²) in [6, 6.07) is 5.19. The number of ether oxygens (including phenoxy) is 1. The summed E-state index contributed by atoms with van der Waals surface area (Å²) in [6.45, 7) is 6.38. The number of likely N-dealkylation sites (tertiary alicyclic amines) is 1. The topological polar surface area (TPSA) is 46.6 Å². The van der Waals surface area contributed by atoms with Crippen molar-refractivity contribution in [3.8, 4) is 0 Å². The third-order valence-corrected chi connectivity index (χ3v) is 4.42. The molecule has 126 valence electrons. The number of rotatable bonds is 3. The van der Waals surface area contributed by atoms with Crippen LogP contribution in [0.4, 0.5) is 4.79 Å². The monoisotopic (exact) mass is 357 g/mol. The summed E-state index contributed by atoms with van der Waals surface area (Å²) in [7, 11) is 0. The van der Waals surface area contributed by atoms with Crippen LogP contribution < -0.4 is 0 Å². The number of carbonyl (C=O) groups excluding carboxylic acids is 2. The molecular formula is C17H21Cl2NO3. The van der Waals surface area contributed by atoms with Crippen molar-refractivity contribution in [2.45, 2.75) is 39.2 Å². The Labute approximate surface area is 146 Å². The van der Waals surface area contributed by atoms with Crippen LogP contribution in [0.1, 0.15) is 32.8 Å². The van der Waals surface area contributed by atoms with Gasteiger partial charge < -0.3 is 9.64 Å². The molecule has 1 aliphatic rings. The normalized spacial score (nSPS) is 18.1. The smallest absolute Gasteiger partial charge is 0.410 e. The van der Waals surface area contributed by atoms with E-state index in [0.29, 0.717) is 35.1 Å². The van der Waals surface area contributed by atoms with E-state index in [0.717, 1.165) is 0 Å². The van der Waals surface area contributed by atoms with Crippen LogP contribution in [-0.2, 0) is 16.0 Å². The van der Waals surface area contributed by atoms with Gasteiger partial charge in [0.15, 0.2) is 0 Å². The van der Waals surface area contributed by atoms with E-state index in [9.17, 15) is 9.59 Å². The van der Waals surface area contributed by atoms with E-state index in [2.05, 4.69) is 0 Å². The minimum atomic E-state index is -0.537. The maximum atomic E-state index is 12.5. The first-order valence-electron chi connectivity index (χ1n) is 7.61. The Kier molecular flexibility index (Phi) is 5.58. The number of hydrogen-bond acceptors (Lipinski definition) is 3. The van der Waals surface area contributed by atoms with Gasteiger partial charge in [-0.05, 0) is 44.9 Å². The number of amides is 1. The predicted molar refractivity (Wildman–Crippen MR) is 91.1 cm³/mol. The Morgan fingerprint density at radius 2 is 1.87 bits per heavy atom. The molecule has 6 heteroatoms. The minimum absolute atomic E-state index is 0.0473. The van der Waals surface area contributed by atoms with Crippen molar-refractivity contribution in [1.29, 1.82) is 0 Å². The minimum Gasteiger partial charge on any atom is -0.444 e. The summed E-state index contributed by atoms with van der Waals surface area (Å²) in [4.78, 5) is 26.1. The lowest BCUT2D eigenvalue weighted by Crippen LogP contribution is -2.36. The maximum Gasteiger partial charge on any atom is 0.410 e. The number of nitrogens with zero attached hydrogens (tertiary/aromatic N) is 1. The molecule has 0 bridgehead atoms. The van der Waals surface area contributed by atoms with E-state index in [4.69, 9.17) is 27.9 Å². The second-order valence-electron chi connectivity index (χ2n) is 6.76. The lowest BCUT2D eigenvalue weighted by atomic mass is 9.97. The van der Waals surface area contributed by atoms with Gasteiger partial charge in [0, 0.05) is 35.5 Å². The third kappa shape index (κ3) is 4.85. The second-order valence-corrected chi connectivity index (χ2v) is 7.57. The molecule has 0 aromatic heterocycles. The number of hydrogen-bond donors (Lipinski definition) is 0. The standard InChI is InChI=1S/C17H21Cl2NO3/c1-17(2,3)23-16(22)20-8-7-11(10-20)15(21)9-12-13(18)5-4-6-14(12)19/h4-6,11H,7-10H2,1-3H3. The highest BCUT2D eigenvalue weighted by molar-refractivity contribution is 6.36. The molecule has 0 aliphatic carbocycles. The van der Waals surface area contributed by atoms with Gasteiger partial charge in [-0.2, -0.15) is 0 Å². The van der Waals surface area contributed by atoms with Gasteiger partial charge in [-0.15, -0.1) is 0 Å². The van der Waals surface area contributed by atoms with Crippen LogP contribution in [0.5, 0.6) is 0 Å². The molecule has 4 nitrogen and oxygen atoms in total. The highest BCUT2D eigenvalue weighted by atomic mass is 35.5. The molecule has 0 spiro atoms. The molecule has 1 unspecified atom stereocenters. The Hall–Kier alpha value is -1.26. The van der Waals surface area contributed by atoms with Crippen LogP contribution in [-0.4, -0.2) is 35.5 Å². The predicted octanol–water partition coefficient (Wildman–Crippen LogP) is 4.36. The molecule has 1 fully saturated rings. The Bertz CT molecular complexity index is 590. The van der Waals surface area contributed by atoms with E-state index in [1.807, 2.05) is 20.8 Å². The van der Waals surface area contributed by atoms with Gasteiger partial charge >= 0.3 is 6.09 Å². The second kappa shape index (κ2) is 7.10.